The molecule has 0 aromatic heterocycles. The lowest BCUT2D eigenvalue weighted by atomic mass is 10.1. The minimum Gasteiger partial charge on any atom is -0.357 e. The largest absolute Gasteiger partial charge is 0.357 e. The predicted molar refractivity (Wildman–Crippen MR) is 114 cm³/mol. The Kier molecular flexibility index (Phi) is 6.34. The van der Waals surface area contributed by atoms with Crippen LogP contribution in [-0.4, -0.2) is 17.6 Å². The zero-order valence-electron chi connectivity index (χ0n) is 16.3. The van der Waals surface area contributed by atoms with Gasteiger partial charge in [-0.15, -0.1) is 0 Å². The highest BCUT2D eigenvalue weighted by molar-refractivity contribution is 6.33. The van der Waals surface area contributed by atoms with Gasteiger partial charge in [-0.3, -0.25) is 14.4 Å². The molecule has 2 amide bonds. The number of halogens is 1. The van der Waals surface area contributed by atoms with Crippen molar-refractivity contribution >= 4 is 40.6 Å². The van der Waals surface area contributed by atoms with Crippen molar-refractivity contribution < 1.29 is 14.4 Å². The minimum atomic E-state index is -0.278. The van der Waals surface area contributed by atoms with Gasteiger partial charge in [0.15, 0.2) is 5.78 Å². The number of benzene rings is 2. The highest BCUT2D eigenvalue weighted by Crippen LogP contribution is 2.29. The van der Waals surface area contributed by atoms with Crippen molar-refractivity contribution in [3.8, 4) is 0 Å². The highest BCUT2D eigenvalue weighted by Gasteiger charge is 2.20. The number of carbonyl (C=O) groups excluding carboxylic acids is 3. The van der Waals surface area contributed by atoms with Gasteiger partial charge in [-0.25, -0.2) is 0 Å². The monoisotopic (exact) mass is 411 g/mol. The van der Waals surface area contributed by atoms with Gasteiger partial charge in [0.25, 0.3) is 5.91 Å². The lowest BCUT2D eigenvalue weighted by Crippen LogP contribution is -2.18. The van der Waals surface area contributed by atoms with Crippen LogP contribution in [0.4, 0.5) is 11.4 Å². The van der Waals surface area contributed by atoms with E-state index < -0.39 is 0 Å². The van der Waals surface area contributed by atoms with Crippen molar-refractivity contribution in [2.45, 2.75) is 33.2 Å². The molecule has 6 nitrogen and oxygen atoms in total. The highest BCUT2D eigenvalue weighted by atomic mass is 35.5. The van der Waals surface area contributed by atoms with Crippen LogP contribution in [-0.2, 0) is 16.1 Å². The molecule has 0 atom stereocenters. The fraction of sp³-hybridized carbons (Fsp3) is 0.227. The van der Waals surface area contributed by atoms with E-state index in [2.05, 4.69) is 16.0 Å². The SMILES string of the molecule is CC(=O)NCc1ccc(NC(=O)c2ccc(NC3=C(C)C(=O)CC3)c(Cl)c2)cc1. The summed E-state index contributed by atoms with van der Waals surface area (Å²) in [4.78, 5) is 35.1. The van der Waals surface area contributed by atoms with Crippen molar-refractivity contribution in [1.82, 2.24) is 5.32 Å². The molecule has 1 aliphatic carbocycles. The van der Waals surface area contributed by atoms with E-state index in [0.717, 1.165) is 16.8 Å². The Bertz CT molecular complexity index is 997. The van der Waals surface area contributed by atoms with Crippen molar-refractivity contribution in [1.29, 1.82) is 0 Å². The summed E-state index contributed by atoms with van der Waals surface area (Å²) in [7, 11) is 0. The second-order valence-corrected chi connectivity index (χ2v) is 7.31. The zero-order chi connectivity index (χ0) is 21.0. The molecule has 29 heavy (non-hydrogen) atoms. The van der Waals surface area contributed by atoms with E-state index in [-0.39, 0.29) is 17.6 Å². The summed E-state index contributed by atoms with van der Waals surface area (Å²) in [5.74, 6) is -0.231. The summed E-state index contributed by atoms with van der Waals surface area (Å²) in [5.41, 5.74) is 4.26. The predicted octanol–water partition coefficient (Wildman–Crippen LogP) is 4.28. The number of carbonyl (C=O) groups is 3. The maximum absolute atomic E-state index is 12.5. The van der Waals surface area contributed by atoms with Crippen molar-refractivity contribution in [3.63, 3.8) is 0 Å². The number of nitrogens with one attached hydrogen (secondary N) is 3. The van der Waals surface area contributed by atoms with Crippen molar-refractivity contribution in [2.24, 2.45) is 0 Å². The standard InChI is InChI=1S/C22H22ClN3O3/c1-13-19(9-10-21(13)28)26-20-8-5-16(11-18(20)23)22(29)25-17-6-3-15(4-7-17)12-24-14(2)27/h3-8,11,26H,9-10,12H2,1-2H3,(H,24,27)(H,25,29). The van der Waals surface area contributed by atoms with Gasteiger partial charge in [0, 0.05) is 42.4 Å². The number of anilines is 2. The van der Waals surface area contributed by atoms with Gasteiger partial charge in [0.1, 0.15) is 0 Å². The Balaban J connectivity index is 1.65. The average molecular weight is 412 g/mol. The number of rotatable bonds is 6. The van der Waals surface area contributed by atoms with Crippen LogP contribution in [0.15, 0.2) is 53.7 Å². The number of hydrogen-bond donors (Lipinski definition) is 3. The van der Waals surface area contributed by atoms with Gasteiger partial charge in [-0.05, 0) is 49.2 Å². The van der Waals surface area contributed by atoms with Crippen molar-refractivity contribution in [3.05, 3.63) is 69.9 Å². The molecule has 3 rings (SSSR count). The molecule has 0 fully saturated rings. The van der Waals surface area contributed by atoms with E-state index in [4.69, 9.17) is 11.6 Å². The van der Waals surface area contributed by atoms with Crippen LogP contribution in [0.2, 0.25) is 5.02 Å². The van der Waals surface area contributed by atoms with E-state index in [1.165, 1.54) is 6.92 Å². The summed E-state index contributed by atoms with van der Waals surface area (Å²) in [5, 5.41) is 9.15. The Hall–Kier alpha value is -3.12. The summed E-state index contributed by atoms with van der Waals surface area (Å²) >= 11 is 6.34. The lowest BCUT2D eigenvalue weighted by molar-refractivity contribution is -0.119. The molecule has 0 aliphatic heterocycles. The minimum absolute atomic E-state index is 0.0943. The molecule has 0 heterocycles. The van der Waals surface area contributed by atoms with Gasteiger partial charge in [0.2, 0.25) is 5.91 Å². The molecule has 150 valence electrons. The first-order valence-electron chi connectivity index (χ1n) is 9.27. The molecule has 0 bridgehead atoms. The van der Waals surface area contributed by atoms with Crippen LogP contribution in [0, 0.1) is 0 Å². The van der Waals surface area contributed by atoms with E-state index in [1.54, 1.807) is 37.3 Å². The number of ketones is 1. The number of amides is 2. The van der Waals surface area contributed by atoms with Gasteiger partial charge >= 0.3 is 0 Å². The molecule has 0 unspecified atom stereocenters. The van der Waals surface area contributed by atoms with Crippen LogP contribution in [0.5, 0.6) is 0 Å². The zero-order valence-corrected chi connectivity index (χ0v) is 17.0. The smallest absolute Gasteiger partial charge is 0.255 e. The first-order valence-corrected chi connectivity index (χ1v) is 9.65. The molecule has 2 aromatic rings. The Morgan fingerprint density at radius 1 is 1.07 bits per heavy atom. The molecule has 0 spiro atoms. The van der Waals surface area contributed by atoms with Gasteiger partial charge in [-0.1, -0.05) is 23.7 Å². The average Bonchev–Trinajstić information content (AvgIpc) is 3.01. The normalized spacial score (nSPS) is 13.4. The molecule has 0 saturated carbocycles. The molecular formula is C22H22ClN3O3. The van der Waals surface area contributed by atoms with Gasteiger partial charge in [-0.2, -0.15) is 0 Å². The second kappa shape index (κ2) is 8.92. The molecule has 1 aliphatic rings. The third kappa shape index (κ3) is 5.23. The Labute approximate surface area is 174 Å². The van der Waals surface area contributed by atoms with E-state index >= 15 is 0 Å². The number of allylic oxidation sites excluding steroid dienone is 2. The molecule has 0 radical (unpaired) electrons. The summed E-state index contributed by atoms with van der Waals surface area (Å²) in [6, 6.07) is 12.2. The van der Waals surface area contributed by atoms with Gasteiger partial charge in [0.05, 0.1) is 10.7 Å². The number of hydrogen-bond acceptors (Lipinski definition) is 4. The number of Topliss-reactive ketones (excluding diaryl/α,β-unsaturated/α-hetero) is 1. The van der Waals surface area contributed by atoms with E-state index in [0.29, 0.717) is 41.3 Å². The maximum Gasteiger partial charge on any atom is 0.255 e. The Morgan fingerprint density at radius 2 is 1.79 bits per heavy atom. The fourth-order valence-electron chi connectivity index (χ4n) is 2.99. The summed E-state index contributed by atoms with van der Waals surface area (Å²) < 4.78 is 0. The molecule has 7 heteroatoms. The molecule has 2 aromatic carbocycles. The topological polar surface area (TPSA) is 87.3 Å². The van der Waals surface area contributed by atoms with E-state index in [9.17, 15) is 14.4 Å². The van der Waals surface area contributed by atoms with Crippen molar-refractivity contribution in [2.75, 3.05) is 10.6 Å². The van der Waals surface area contributed by atoms with Crippen LogP contribution < -0.4 is 16.0 Å². The first kappa shape index (κ1) is 20.6. The quantitative estimate of drug-likeness (QED) is 0.662. The summed E-state index contributed by atoms with van der Waals surface area (Å²) in [6.45, 7) is 3.70. The van der Waals surface area contributed by atoms with Gasteiger partial charge < -0.3 is 16.0 Å². The fourth-order valence-corrected chi connectivity index (χ4v) is 3.22. The molecular weight excluding hydrogens is 390 g/mol. The van der Waals surface area contributed by atoms with Crippen LogP contribution in [0.3, 0.4) is 0 Å². The lowest BCUT2D eigenvalue weighted by Gasteiger charge is -2.12. The molecule has 0 saturated heterocycles. The molecule has 3 N–H and O–H groups in total. The second-order valence-electron chi connectivity index (χ2n) is 6.91. The van der Waals surface area contributed by atoms with Crippen LogP contribution >= 0.6 is 11.6 Å². The summed E-state index contributed by atoms with van der Waals surface area (Å²) in [6.07, 6.45) is 1.18. The van der Waals surface area contributed by atoms with Crippen LogP contribution in [0.25, 0.3) is 0 Å². The van der Waals surface area contributed by atoms with E-state index in [1.807, 2.05) is 12.1 Å². The third-order valence-corrected chi connectivity index (χ3v) is 5.06. The van der Waals surface area contributed by atoms with Crippen LogP contribution in [0.1, 0.15) is 42.6 Å². The Morgan fingerprint density at radius 3 is 2.38 bits per heavy atom. The first-order chi connectivity index (χ1) is 13.8. The maximum atomic E-state index is 12.5. The third-order valence-electron chi connectivity index (χ3n) is 4.74.